The van der Waals surface area contributed by atoms with Crippen LogP contribution in [0, 0.1) is 0 Å². The summed E-state index contributed by atoms with van der Waals surface area (Å²) in [6, 6.07) is 9.68. The van der Waals surface area contributed by atoms with E-state index in [4.69, 9.17) is 5.73 Å². The first-order chi connectivity index (χ1) is 11.9. The van der Waals surface area contributed by atoms with Crippen molar-refractivity contribution < 1.29 is 13.2 Å². The lowest BCUT2D eigenvalue weighted by Crippen LogP contribution is -2.33. The zero-order valence-corrected chi connectivity index (χ0v) is 14.8. The van der Waals surface area contributed by atoms with E-state index in [-0.39, 0.29) is 18.2 Å². The predicted octanol–water partition coefficient (Wildman–Crippen LogP) is 1.66. The SMILES string of the molecule is CCCS(=O)(=O)NCC(N)c1ccc(C(=O)Nc2ccncc2)cc1. The largest absolute Gasteiger partial charge is 0.323 e. The summed E-state index contributed by atoms with van der Waals surface area (Å²) in [6.45, 7) is 1.92. The van der Waals surface area contributed by atoms with Gasteiger partial charge < -0.3 is 11.1 Å². The van der Waals surface area contributed by atoms with Gasteiger partial charge in [0.25, 0.3) is 5.91 Å². The molecule has 7 nitrogen and oxygen atoms in total. The van der Waals surface area contributed by atoms with Gasteiger partial charge in [-0.1, -0.05) is 19.1 Å². The molecular weight excluding hydrogens is 340 g/mol. The Morgan fingerprint density at radius 3 is 2.40 bits per heavy atom. The van der Waals surface area contributed by atoms with E-state index in [0.717, 1.165) is 5.56 Å². The Morgan fingerprint density at radius 2 is 1.80 bits per heavy atom. The number of benzene rings is 1. The molecule has 4 N–H and O–H groups in total. The molecule has 2 aromatic rings. The van der Waals surface area contributed by atoms with Crippen LogP contribution in [0.1, 0.15) is 35.3 Å². The summed E-state index contributed by atoms with van der Waals surface area (Å²) in [5.74, 6) is -0.164. The first kappa shape index (κ1) is 19.0. The second-order valence-corrected chi connectivity index (χ2v) is 7.51. The number of pyridine rings is 1. The van der Waals surface area contributed by atoms with Crippen LogP contribution in [0.15, 0.2) is 48.8 Å². The number of amides is 1. The molecule has 0 aliphatic heterocycles. The number of anilines is 1. The van der Waals surface area contributed by atoms with Gasteiger partial charge in [0.05, 0.1) is 5.75 Å². The van der Waals surface area contributed by atoms with Crippen molar-refractivity contribution in [1.29, 1.82) is 0 Å². The molecule has 0 fully saturated rings. The van der Waals surface area contributed by atoms with Crippen LogP contribution in [0.4, 0.5) is 5.69 Å². The smallest absolute Gasteiger partial charge is 0.255 e. The number of hydrogen-bond donors (Lipinski definition) is 3. The maximum absolute atomic E-state index is 12.2. The number of nitrogens with one attached hydrogen (secondary N) is 2. The quantitative estimate of drug-likeness (QED) is 0.661. The van der Waals surface area contributed by atoms with Crippen LogP contribution in [0.2, 0.25) is 0 Å². The average Bonchev–Trinajstić information content (AvgIpc) is 2.61. The number of carbonyl (C=O) groups is 1. The van der Waals surface area contributed by atoms with Crippen molar-refractivity contribution in [2.24, 2.45) is 5.73 Å². The molecule has 0 spiro atoms. The first-order valence-corrected chi connectivity index (χ1v) is 9.61. The lowest BCUT2D eigenvalue weighted by atomic mass is 10.1. The molecule has 1 atom stereocenters. The molecule has 1 unspecified atom stereocenters. The first-order valence-electron chi connectivity index (χ1n) is 7.95. The van der Waals surface area contributed by atoms with Crippen molar-refractivity contribution in [3.8, 4) is 0 Å². The van der Waals surface area contributed by atoms with Crippen molar-refractivity contribution in [2.75, 3.05) is 17.6 Å². The molecule has 0 aliphatic carbocycles. The number of carbonyl (C=O) groups excluding carboxylic acids is 1. The van der Waals surface area contributed by atoms with E-state index >= 15 is 0 Å². The summed E-state index contributed by atoms with van der Waals surface area (Å²) < 4.78 is 25.8. The maximum Gasteiger partial charge on any atom is 0.255 e. The molecule has 0 radical (unpaired) electrons. The minimum Gasteiger partial charge on any atom is -0.323 e. The van der Waals surface area contributed by atoms with Crippen LogP contribution in [0.3, 0.4) is 0 Å². The van der Waals surface area contributed by atoms with Gasteiger partial charge >= 0.3 is 0 Å². The fraction of sp³-hybridized carbons (Fsp3) is 0.294. The third-order valence-corrected chi connectivity index (χ3v) is 5.09. The summed E-state index contributed by atoms with van der Waals surface area (Å²) >= 11 is 0. The molecule has 1 amide bonds. The molecule has 2 rings (SSSR count). The van der Waals surface area contributed by atoms with E-state index in [9.17, 15) is 13.2 Å². The van der Waals surface area contributed by atoms with Gasteiger partial charge in [-0.3, -0.25) is 9.78 Å². The molecule has 8 heteroatoms. The highest BCUT2D eigenvalue weighted by molar-refractivity contribution is 7.89. The van der Waals surface area contributed by atoms with E-state index in [2.05, 4.69) is 15.0 Å². The van der Waals surface area contributed by atoms with Crippen molar-refractivity contribution >= 4 is 21.6 Å². The Labute approximate surface area is 147 Å². The Kier molecular flexibility index (Phi) is 6.63. The number of nitrogens with zero attached hydrogens (tertiary/aromatic N) is 1. The Bertz CT molecular complexity index is 792. The van der Waals surface area contributed by atoms with E-state index in [1.807, 2.05) is 0 Å². The lowest BCUT2D eigenvalue weighted by Gasteiger charge is -2.14. The molecule has 0 bridgehead atoms. The van der Waals surface area contributed by atoms with E-state index in [1.54, 1.807) is 55.7 Å². The summed E-state index contributed by atoms with van der Waals surface area (Å²) in [6.07, 6.45) is 3.74. The van der Waals surface area contributed by atoms with Crippen molar-refractivity contribution in [1.82, 2.24) is 9.71 Å². The van der Waals surface area contributed by atoms with Gasteiger partial charge in [0.1, 0.15) is 0 Å². The highest BCUT2D eigenvalue weighted by Crippen LogP contribution is 2.13. The van der Waals surface area contributed by atoms with Gasteiger partial charge in [-0.15, -0.1) is 0 Å². The molecule has 0 aliphatic rings. The Balaban J connectivity index is 1.95. The number of nitrogens with two attached hydrogens (primary N) is 1. The molecule has 1 aromatic heterocycles. The van der Waals surface area contributed by atoms with Crippen LogP contribution < -0.4 is 15.8 Å². The minimum absolute atomic E-state index is 0.0772. The second-order valence-electron chi connectivity index (χ2n) is 5.59. The minimum atomic E-state index is -3.29. The van der Waals surface area contributed by atoms with Gasteiger partial charge in [-0.2, -0.15) is 0 Å². The van der Waals surface area contributed by atoms with Gasteiger partial charge in [-0.25, -0.2) is 13.1 Å². The van der Waals surface area contributed by atoms with Crippen molar-refractivity contribution in [2.45, 2.75) is 19.4 Å². The normalized spacial score (nSPS) is 12.6. The van der Waals surface area contributed by atoms with Crippen LogP contribution in [-0.4, -0.2) is 31.6 Å². The molecule has 0 saturated heterocycles. The van der Waals surface area contributed by atoms with Crippen LogP contribution >= 0.6 is 0 Å². The number of rotatable bonds is 8. The molecule has 1 aromatic carbocycles. The van der Waals surface area contributed by atoms with Gasteiger partial charge in [0.15, 0.2) is 0 Å². The summed E-state index contributed by atoms with van der Waals surface area (Å²) in [5.41, 5.74) is 7.91. The zero-order valence-electron chi connectivity index (χ0n) is 14.0. The molecule has 1 heterocycles. The maximum atomic E-state index is 12.2. The lowest BCUT2D eigenvalue weighted by molar-refractivity contribution is 0.102. The number of aromatic nitrogens is 1. The molecular formula is C17H22N4O3S. The van der Waals surface area contributed by atoms with Crippen LogP contribution in [0.5, 0.6) is 0 Å². The summed E-state index contributed by atoms with van der Waals surface area (Å²) in [5, 5.41) is 2.76. The molecule has 134 valence electrons. The third-order valence-electron chi connectivity index (χ3n) is 3.54. The van der Waals surface area contributed by atoms with Gasteiger partial charge in [0, 0.05) is 36.2 Å². The van der Waals surface area contributed by atoms with Gasteiger partial charge in [0.2, 0.25) is 10.0 Å². The topological polar surface area (TPSA) is 114 Å². The van der Waals surface area contributed by atoms with E-state index < -0.39 is 16.1 Å². The fourth-order valence-corrected chi connectivity index (χ4v) is 3.31. The predicted molar refractivity (Wildman–Crippen MR) is 97.6 cm³/mol. The van der Waals surface area contributed by atoms with E-state index in [0.29, 0.717) is 17.7 Å². The summed E-state index contributed by atoms with van der Waals surface area (Å²) in [4.78, 5) is 16.1. The Hall–Kier alpha value is -2.29. The second kappa shape index (κ2) is 8.70. The molecule has 0 saturated carbocycles. The number of hydrogen-bond acceptors (Lipinski definition) is 5. The summed E-state index contributed by atoms with van der Waals surface area (Å²) in [7, 11) is -3.29. The highest BCUT2D eigenvalue weighted by atomic mass is 32.2. The molecule has 25 heavy (non-hydrogen) atoms. The number of sulfonamides is 1. The van der Waals surface area contributed by atoms with Gasteiger partial charge in [-0.05, 0) is 36.2 Å². The average molecular weight is 362 g/mol. The van der Waals surface area contributed by atoms with Crippen molar-refractivity contribution in [3.05, 3.63) is 59.9 Å². The highest BCUT2D eigenvalue weighted by Gasteiger charge is 2.13. The van der Waals surface area contributed by atoms with Crippen LogP contribution in [0.25, 0.3) is 0 Å². The monoisotopic (exact) mass is 362 g/mol. The zero-order chi connectivity index (χ0) is 18.3. The van der Waals surface area contributed by atoms with Crippen LogP contribution in [-0.2, 0) is 10.0 Å². The standard InChI is InChI=1S/C17H22N4O3S/c1-2-11-25(23,24)20-12-16(18)13-3-5-14(6-4-13)17(22)21-15-7-9-19-10-8-15/h3-10,16,20H,2,11-12,18H2,1H3,(H,19,21,22). The van der Waals surface area contributed by atoms with Crippen molar-refractivity contribution in [3.63, 3.8) is 0 Å². The fourth-order valence-electron chi connectivity index (χ4n) is 2.20. The van der Waals surface area contributed by atoms with E-state index in [1.165, 1.54) is 0 Å². The Morgan fingerprint density at radius 1 is 1.16 bits per heavy atom. The third kappa shape index (κ3) is 5.93.